The van der Waals surface area contributed by atoms with Crippen LogP contribution in [0.1, 0.15) is 32.6 Å². The predicted octanol–water partition coefficient (Wildman–Crippen LogP) is 2.72. The van der Waals surface area contributed by atoms with Crippen LogP contribution in [0.5, 0.6) is 0 Å². The molecule has 2 heteroatoms. The molecule has 72 valence electrons. The van der Waals surface area contributed by atoms with Crippen LogP contribution in [0.3, 0.4) is 0 Å². The van der Waals surface area contributed by atoms with E-state index in [-0.39, 0.29) is 0 Å². The Morgan fingerprint density at radius 2 is 1.77 bits per heavy atom. The minimum atomic E-state index is -0.728. The van der Waals surface area contributed by atoms with Crippen LogP contribution in [-0.4, -0.2) is 15.2 Å². The van der Waals surface area contributed by atoms with Crippen LogP contribution >= 0.6 is 0 Å². The zero-order chi connectivity index (χ0) is 9.36. The third-order valence-electron chi connectivity index (χ3n) is 2.01. The largest absolute Gasteiger partial charge is 0.547 e. The minimum absolute atomic E-state index is 0.728. The lowest BCUT2D eigenvalue weighted by Gasteiger charge is -2.04. The molecule has 0 aliphatic rings. The predicted molar refractivity (Wildman–Crippen MR) is 58.0 cm³/mol. The van der Waals surface area contributed by atoms with Crippen molar-refractivity contribution in [2.24, 2.45) is 0 Å². The fraction of sp³-hybridized carbons (Fsp3) is 0.545. The van der Waals surface area contributed by atoms with Crippen LogP contribution in [-0.2, 0) is 0 Å². The molecule has 1 aromatic heterocycles. The van der Waals surface area contributed by atoms with Crippen molar-refractivity contribution < 1.29 is 4.43 Å². The molecule has 1 nitrogen and oxygen atoms in total. The standard InChI is InChI=1S/C11H18OSi/c1-2-3-4-6-9-12-13-10-7-5-8-11-13/h5,7-8,10-11H,2-4,6,9H2,1H3. The van der Waals surface area contributed by atoms with Crippen molar-refractivity contribution in [2.75, 3.05) is 6.61 Å². The van der Waals surface area contributed by atoms with E-state index < -0.39 is 8.64 Å². The molecule has 0 spiro atoms. The second-order valence-corrected chi connectivity index (χ2v) is 4.98. The Bertz CT molecular complexity index is 211. The van der Waals surface area contributed by atoms with Crippen molar-refractivity contribution in [2.45, 2.75) is 32.6 Å². The Balaban J connectivity index is 2.07. The summed E-state index contributed by atoms with van der Waals surface area (Å²) in [4.78, 5) is 0. The van der Waals surface area contributed by atoms with E-state index in [9.17, 15) is 0 Å². The van der Waals surface area contributed by atoms with Crippen LogP contribution in [0.25, 0.3) is 0 Å². The Morgan fingerprint density at radius 1 is 1.00 bits per heavy atom. The SMILES string of the molecule is CCCCCCO[si]1ccccc1. The average molecular weight is 194 g/mol. The number of rotatable bonds is 6. The number of hydrogen-bond donors (Lipinski definition) is 0. The van der Waals surface area contributed by atoms with Gasteiger partial charge in [-0.3, -0.25) is 0 Å². The molecule has 0 fully saturated rings. The van der Waals surface area contributed by atoms with Gasteiger partial charge in [-0.2, -0.15) is 0 Å². The quantitative estimate of drug-likeness (QED) is 0.500. The van der Waals surface area contributed by atoms with Gasteiger partial charge in [0.1, 0.15) is 0 Å². The summed E-state index contributed by atoms with van der Waals surface area (Å²) in [6.45, 7) is 3.17. The van der Waals surface area contributed by atoms with E-state index in [1.807, 2.05) is 0 Å². The summed E-state index contributed by atoms with van der Waals surface area (Å²) < 4.78 is 5.74. The summed E-state index contributed by atoms with van der Waals surface area (Å²) >= 11 is 0. The highest BCUT2D eigenvalue weighted by Crippen LogP contribution is 1.97. The van der Waals surface area contributed by atoms with Crippen LogP contribution < -0.4 is 4.43 Å². The molecule has 0 saturated heterocycles. The van der Waals surface area contributed by atoms with Gasteiger partial charge in [0, 0.05) is 0 Å². The maximum atomic E-state index is 5.74. The molecule has 0 radical (unpaired) electrons. The van der Waals surface area contributed by atoms with Crippen LogP contribution in [0.2, 0.25) is 0 Å². The summed E-state index contributed by atoms with van der Waals surface area (Å²) in [6.07, 6.45) is 5.16. The summed E-state index contributed by atoms with van der Waals surface area (Å²) in [5.74, 6) is 0. The highest BCUT2D eigenvalue weighted by Gasteiger charge is 1.92. The Kier molecular flexibility index (Phi) is 5.49. The minimum Gasteiger partial charge on any atom is -0.547 e. The molecule has 1 aromatic rings. The fourth-order valence-corrected chi connectivity index (χ4v) is 2.52. The van der Waals surface area contributed by atoms with Gasteiger partial charge in [-0.05, 0) is 17.8 Å². The molecule has 0 N–H and O–H groups in total. The lowest BCUT2D eigenvalue weighted by Crippen LogP contribution is -2.13. The van der Waals surface area contributed by atoms with Gasteiger partial charge in [-0.25, -0.2) is 0 Å². The van der Waals surface area contributed by atoms with Gasteiger partial charge in [0.25, 0.3) is 8.64 Å². The third kappa shape index (κ3) is 4.83. The number of hydrogen-bond acceptors (Lipinski definition) is 1. The molecule has 0 saturated carbocycles. The van der Waals surface area contributed by atoms with Crippen LogP contribution in [0, 0.1) is 0 Å². The summed E-state index contributed by atoms with van der Waals surface area (Å²) in [5.41, 5.74) is 4.37. The highest BCUT2D eigenvalue weighted by molar-refractivity contribution is 6.43. The highest BCUT2D eigenvalue weighted by atomic mass is 28.3. The van der Waals surface area contributed by atoms with E-state index in [1.54, 1.807) is 0 Å². The third-order valence-corrected chi connectivity index (χ3v) is 3.59. The van der Waals surface area contributed by atoms with E-state index in [4.69, 9.17) is 4.43 Å². The summed E-state index contributed by atoms with van der Waals surface area (Å²) in [5, 5.41) is 0. The molecule has 13 heavy (non-hydrogen) atoms. The Labute approximate surface area is 82.4 Å². The topological polar surface area (TPSA) is 9.23 Å². The van der Waals surface area contributed by atoms with Crippen molar-refractivity contribution in [3.63, 3.8) is 0 Å². The van der Waals surface area contributed by atoms with Crippen molar-refractivity contribution >= 4 is 8.64 Å². The van der Waals surface area contributed by atoms with Gasteiger partial charge in [0.05, 0.1) is 6.61 Å². The fourth-order valence-electron chi connectivity index (χ4n) is 1.24. The number of unbranched alkanes of at least 4 members (excludes halogenated alkanes) is 3. The van der Waals surface area contributed by atoms with Crippen LogP contribution in [0.4, 0.5) is 0 Å². The molecule has 0 atom stereocenters. The Morgan fingerprint density at radius 3 is 2.46 bits per heavy atom. The molecule has 0 aliphatic carbocycles. The first kappa shape index (κ1) is 10.4. The zero-order valence-electron chi connectivity index (χ0n) is 8.33. The molecular weight excluding hydrogens is 176 g/mol. The summed E-state index contributed by atoms with van der Waals surface area (Å²) in [7, 11) is -0.728. The smallest absolute Gasteiger partial charge is 0.261 e. The molecule has 0 aliphatic heterocycles. The molecule has 0 amide bonds. The van der Waals surface area contributed by atoms with Gasteiger partial charge in [-0.1, -0.05) is 44.4 Å². The second-order valence-electron chi connectivity index (χ2n) is 3.22. The molecule has 1 rings (SSSR count). The van der Waals surface area contributed by atoms with Gasteiger partial charge in [0.2, 0.25) is 0 Å². The maximum Gasteiger partial charge on any atom is 0.261 e. The van der Waals surface area contributed by atoms with E-state index >= 15 is 0 Å². The maximum absolute atomic E-state index is 5.74. The first-order valence-corrected chi connectivity index (χ1v) is 6.67. The van der Waals surface area contributed by atoms with E-state index in [2.05, 4.69) is 36.5 Å². The molecular formula is C11H18OSi. The van der Waals surface area contributed by atoms with Gasteiger partial charge in [-0.15, -0.1) is 0 Å². The van der Waals surface area contributed by atoms with Gasteiger partial charge < -0.3 is 4.43 Å². The van der Waals surface area contributed by atoms with Crippen molar-refractivity contribution in [1.82, 2.24) is 0 Å². The normalized spacial score (nSPS) is 9.92. The second kappa shape index (κ2) is 6.84. The average Bonchev–Trinajstić information content (AvgIpc) is 2.19. The molecule has 0 bridgehead atoms. The first-order chi connectivity index (χ1) is 6.43. The van der Waals surface area contributed by atoms with Crippen molar-refractivity contribution in [3.8, 4) is 0 Å². The van der Waals surface area contributed by atoms with E-state index in [0.717, 1.165) is 6.61 Å². The van der Waals surface area contributed by atoms with Crippen LogP contribution in [0.15, 0.2) is 29.6 Å². The van der Waals surface area contributed by atoms with E-state index in [1.165, 1.54) is 25.7 Å². The van der Waals surface area contributed by atoms with Crippen molar-refractivity contribution in [1.29, 1.82) is 0 Å². The monoisotopic (exact) mass is 194 g/mol. The first-order valence-electron chi connectivity index (χ1n) is 5.11. The Hall–Kier alpha value is -0.633. The lowest BCUT2D eigenvalue weighted by molar-refractivity contribution is 0.381. The lowest BCUT2D eigenvalue weighted by atomic mass is 10.2. The molecule has 0 aromatic carbocycles. The summed E-state index contributed by atoms with van der Waals surface area (Å²) in [6, 6.07) is 6.22. The van der Waals surface area contributed by atoms with Crippen molar-refractivity contribution in [3.05, 3.63) is 29.6 Å². The molecule has 1 heterocycles. The van der Waals surface area contributed by atoms with Gasteiger partial charge in [0.15, 0.2) is 0 Å². The zero-order valence-corrected chi connectivity index (χ0v) is 9.33. The van der Waals surface area contributed by atoms with E-state index in [0.29, 0.717) is 0 Å². The molecule has 0 unspecified atom stereocenters. The van der Waals surface area contributed by atoms with Gasteiger partial charge >= 0.3 is 0 Å².